The summed E-state index contributed by atoms with van der Waals surface area (Å²) >= 11 is 3.40. The van der Waals surface area contributed by atoms with E-state index in [0.717, 1.165) is 32.4 Å². The second kappa shape index (κ2) is 9.04. The minimum absolute atomic E-state index is 0.255. The summed E-state index contributed by atoms with van der Waals surface area (Å²) in [5.41, 5.74) is 3.37. The van der Waals surface area contributed by atoms with Gasteiger partial charge < -0.3 is 25.3 Å². The van der Waals surface area contributed by atoms with Crippen LogP contribution in [0.1, 0.15) is 24.1 Å². The quantitative estimate of drug-likeness (QED) is 0.454. The maximum Gasteiger partial charge on any atom is 0.310 e. The van der Waals surface area contributed by atoms with Gasteiger partial charge in [0.1, 0.15) is 11.8 Å². The van der Waals surface area contributed by atoms with Gasteiger partial charge in [0.25, 0.3) is 5.91 Å². The fraction of sp³-hybridized carbons (Fsp3) is 0.261. The van der Waals surface area contributed by atoms with Gasteiger partial charge in [-0.1, -0.05) is 15.9 Å². The highest BCUT2D eigenvalue weighted by Gasteiger charge is 2.38. The molecule has 8 nitrogen and oxygen atoms in total. The van der Waals surface area contributed by atoms with Gasteiger partial charge >= 0.3 is 11.8 Å². The van der Waals surface area contributed by atoms with Crippen molar-refractivity contribution in [3.63, 3.8) is 0 Å². The molecule has 0 radical (unpaired) electrons. The number of rotatable bonds is 6. The second-order valence-electron chi connectivity index (χ2n) is 7.42. The molecule has 0 unspecified atom stereocenters. The molecule has 32 heavy (non-hydrogen) atoms. The van der Waals surface area contributed by atoms with Crippen molar-refractivity contribution < 1.29 is 19.1 Å². The number of carbonyl (C=O) groups is 3. The van der Waals surface area contributed by atoms with Gasteiger partial charge in [0.2, 0.25) is 0 Å². The van der Waals surface area contributed by atoms with E-state index in [0.29, 0.717) is 18.5 Å². The molecule has 0 bridgehead atoms. The van der Waals surface area contributed by atoms with Crippen molar-refractivity contribution in [2.24, 2.45) is 0 Å². The molecule has 3 N–H and O–H groups in total. The molecular weight excluding hydrogens is 476 g/mol. The van der Waals surface area contributed by atoms with Gasteiger partial charge in [-0.3, -0.25) is 14.4 Å². The minimum Gasteiger partial charge on any atom is -0.497 e. The van der Waals surface area contributed by atoms with Gasteiger partial charge in [-0.25, -0.2) is 0 Å². The first-order valence-electron chi connectivity index (χ1n) is 10.3. The van der Waals surface area contributed by atoms with E-state index in [1.807, 2.05) is 43.5 Å². The number of hydrogen-bond acceptors (Lipinski definition) is 4. The lowest BCUT2D eigenvalue weighted by Gasteiger charge is -2.15. The summed E-state index contributed by atoms with van der Waals surface area (Å²) in [6.45, 7) is 2.61. The van der Waals surface area contributed by atoms with E-state index in [9.17, 15) is 14.4 Å². The largest absolute Gasteiger partial charge is 0.497 e. The molecule has 0 saturated heterocycles. The number of nitrogens with one attached hydrogen (secondary N) is 3. The minimum atomic E-state index is -0.887. The molecule has 1 atom stereocenters. The highest BCUT2D eigenvalue weighted by molar-refractivity contribution is 9.10. The first kappa shape index (κ1) is 21.9. The van der Waals surface area contributed by atoms with Crippen LogP contribution in [0.5, 0.6) is 5.75 Å². The van der Waals surface area contributed by atoms with Crippen molar-refractivity contribution in [1.29, 1.82) is 0 Å². The maximum absolute atomic E-state index is 12.8. The second-order valence-corrected chi connectivity index (χ2v) is 8.34. The Morgan fingerprint density at radius 3 is 2.75 bits per heavy atom. The Morgan fingerprint density at radius 2 is 2.00 bits per heavy atom. The number of nitrogens with zero attached hydrogens (tertiary/aromatic N) is 1. The SMILES string of the molecule is CCN1C(=O)[C@H](NC(=O)C(=O)NCCc2c[nH]c3ccc(OC)cc23)c2cc(Br)ccc21. The molecule has 0 aliphatic carbocycles. The molecular formula is C23H23BrN4O4. The summed E-state index contributed by atoms with van der Waals surface area (Å²) < 4.78 is 6.06. The summed E-state index contributed by atoms with van der Waals surface area (Å²) in [6.07, 6.45) is 2.41. The lowest BCUT2D eigenvalue weighted by atomic mass is 10.1. The van der Waals surface area contributed by atoms with Crippen molar-refractivity contribution in [2.75, 3.05) is 25.1 Å². The Bertz CT molecular complexity index is 1210. The van der Waals surface area contributed by atoms with Crippen LogP contribution in [0.25, 0.3) is 10.9 Å². The number of ether oxygens (including phenoxy) is 1. The fourth-order valence-electron chi connectivity index (χ4n) is 3.95. The molecule has 3 amide bonds. The predicted octanol–water partition coefficient (Wildman–Crippen LogP) is 2.82. The average molecular weight is 499 g/mol. The molecule has 1 aromatic heterocycles. The zero-order chi connectivity index (χ0) is 22.8. The topological polar surface area (TPSA) is 104 Å². The predicted molar refractivity (Wildman–Crippen MR) is 125 cm³/mol. The number of aromatic amines is 1. The van der Waals surface area contributed by atoms with Gasteiger partial charge in [-0.05, 0) is 55.3 Å². The maximum atomic E-state index is 12.8. The summed E-state index contributed by atoms with van der Waals surface area (Å²) in [5.74, 6) is -1.12. The molecule has 3 aromatic rings. The summed E-state index contributed by atoms with van der Waals surface area (Å²) in [5, 5.41) is 6.21. The van der Waals surface area contributed by atoms with Gasteiger partial charge in [0.15, 0.2) is 0 Å². The Hall–Kier alpha value is -3.33. The number of likely N-dealkylation sites (N-methyl/N-ethyl adjacent to an activating group) is 1. The van der Waals surface area contributed by atoms with Crippen LogP contribution in [0, 0.1) is 0 Å². The monoisotopic (exact) mass is 498 g/mol. The molecule has 2 aromatic carbocycles. The molecule has 2 heterocycles. The summed E-state index contributed by atoms with van der Waals surface area (Å²) in [6, 6.07) is 10.3. The number of methoxy groups -OCH3 is 1. The molecule has 1 aliphatic rings. The lowest BCUT2D eigenvalue weighted by Crippen LogP contribution is -2.44. The van der Waals surface area contributed by atoms with Crippen LogP contribution < -0.4 is 20.3 Å². The highest BCUT2D eigenvalue weighted by atomic mass is 79.9. The Balaban J connectivity index is 1.38. The lowest BCUT2D eigenvalue weighted by molar-refractivity contribution is -0.140. The zero-order valence-corrected chi connectivity index (χ0v) is 19.3. The average Bonchev–Trinajstić information content (AvgIpc) is 3.31. The number of H-pyrrole nitrogens is 1. The van der Waals surface area contributed by atoms with Crippen LogP contribution in [0.15, 0.2) is 47.1 Å². The van der Waals surface area contributed by atoms with E-state index in [1.54, 1.807) is 18.1 Å². The van der Waals surface area contributed by atoms with Gasteiger partial charge in [0, 0.05) is 45.9 Å². The van der Waals surface area contributed by atoms with E-state index in [2.05, 4.69) is 31.5 Å². The molecule has 1 aliphatic heterocycles. The smallest absolute Gasteiger partial charge is 0.310 e. The number of benzene rings is 2. The van der Waals surface area contributed by atoms with Gasteiger partial charge in [-0.15, -0.1) is 0 Å². The van der Waals surface area contributed by atoms with Gasteiger partial charge in [-0.2, -0.15) is 0 Å². The van der Waals surface area contributed by atoms with Crippen LogP contribution in [0.4, 0.5) is 5.69 Å². The molecule has 4 rings (SSSR count). The number of amides is 3. The first-order chi connectivity index (χ1) is 15.4. The third-order valence-corrected chi connectivity index (χ3v) is 6.05. The van der Waals surface area contributed by atoms with E-state index in [-0.39, 0.29) is 12.5 Å². The molecule has 0 fully saturated rings. The van der Waals surface area contributed by atoms with Crippen molar-refractivity contribution in [3.05, 3.63) is 58.2 Å². The van der Waals surface area contributed by atoms with E-state index in [1.165, 1.54) is 0 Å². The van der Waals surface area contributed by atoms with Crippen LogP contribution in [-0.2, 0) is 20.8 Å². The molecule has 9 heteroatoms. The van der Waals surface area contributed by atoms with Gasteiger partial charge in [0.05, 0.1) is 7.11 Å². The van der Waals surface area contributed by atoms with Crippen molar-refractivity contribution in [1.82, 2.24) is 15.6 Å². The third kappa shape index (κ3) is 4.08. The standard InChI is InChI=1S/C23H23BrN4O4/c1-3-28-19-7-4-14(24)10-17(19)20(23(28)31)27-22(30)21(29)25-9-8-13-12-26-18-6-5-15(32-2)11-16(13)18/h4-7,10-12,20,26H,3,8-9H2,1-2H3,(H,25,29)(H,27,30)/t20-/m1/s1. The highest BCUT2D eigenvalue weighted by Crippen LogP contribution is 2.37. The fourth-order valence-corrected chi connectivity index (χ4v) is 4.33. The Kier molecular flexibility index (Phi) is 6.18. The van der Waals surface area contributed by atoms with E-state index in [4.69, 9.17) is 4.74 Å². The normalized spacial score (nSPS) is 15.0. The van der Waals surface area contributed by atoms with Crippen molar-refractivity contribution in [3.8, 4) is 5.75 Å². The Labute approximate surface area is 193 Å². The van der Waals surface area contributed by atoms with Crippen LogP contribution in [0.3, 0.4) is 0 Å². The first-order valence-corrected chi connectivity index (χ1v) is 11.1. The van der Waals surface area contributed by atoms with Crippen LogP contribution in [0.2, 0.25) is 0 Å². The van der Waals surface area contributed by atoms with E-state index < -0.39 is 17.9 Å². The van der Waals surface area contributed by atoms with Crippen LogP contribution >= 0.6 is 15.9 Å². The zero-order valence-electron chi connectivity index (χ0n) is 17.7. The molecule has 0 saturated carbocycles. The van der Waals surface area contributed by atoms with Crippen LogP contribution in [-0.4, -0.2) is 42.9 Å². The number of fused-ring (bicyclic) bond motifs is 2. The van der Waals surface area contributed by atoms with Crippen molar-refractivity contribution in [2.45, 2.75) is 19.4 Å². The van der Waals surface area contributed by atoms with Crippen molar-refractivity contribution >= 4 is 50.2 Å². The summed E-state index contributed by atoms with van der Waals surface area (Å²) in [7, 11) is 1.61. The number of anilines is 1. The number of hydrogen-bond donors (Lipinski definition) is 3. The third-order valence-electron chi connectivity index (χ3n) is 5.56. The molecule has 166 valence electrons. The summed E-state index contributed by atoms with van der Waals surface area (Å²) in [4.78, 5) is 42.4. The van der Waals surface area contributed by atoms with E-state index >= 15 is 0 Å². The number of carbonyl (C=O) groups excluding carboxylic acids is 3. The molecule has 0 spiro atoms. The number of aromatic nitrogens is 1. The number of halogens is 1. The Morgan fingerprint density at radius 1 is 1.19 bits per heavy atom.